The maximum atomic E-state index is 12.3. The predicted octanol–water partition coefficient (Wildman–Crippen LogP) is 22.1. The molecule has 546 valence electrons. The molecular formula is C73H56Cl2N20O11S3. The standard InChI is InChI=1S/C19H14Cl2N6O4.C19H14N4O2S.C18H15N5O3S.C17H13N5O2S/c1-10(28)24-14-7-13(26-27-18-16(20)17(21)22-9-23-18)12(8-15(14)29)25-19(30)31-11-5-3-2-4-6-11;1-11(24)20-14-7-4-5-12-16(25)10-9-15(18(12)14)22-23-19-21-13-6-2-3-8-17(13)26-19;1-4-26-18(25)20-12-7-5-6-11-14(24)9-8-13(15(11)12)21-22-17-16(19-3)10(2)27-23-17;1-9-16(18-3)17(22-25-9)21-20-13-7-8-14(24)11-5-4-6-12(15(11)13)19-10(2)23/h2-9,29H,1H3,(H,24,28)(H,25,30);2-10,25H,1H3,(H,20,24);5-9,24H,4H2,1-2H3,(H,20,25);4-8,24H,1-2H3,(H,19,23). The maximum Gasteiger partial charge on any atom is 0.417 e. The van der Waals surface area contributed by atoms with Crippen LogP contribution in [0.2, 0.25) is 10.2 Å². The number of aryl methyl sites for hydroxylation is 2. The minimum atomic E-state index is -0.836. The fourth-order valence-electron chi connectivity index (χ4n) is 9.93. The first-order chi connectivity index (χ1) is 52.5. The lowest BCUT2D eigenvalue weighted by atomic mass is 10.1. The summed E-state index contributed by atoms with van der Waals surface area (Å²) in [7, 11) is 0. The Morgan fingerprint density at radius 2 is 0.945 bits per heavy atom. The van der Waals surface area contributed by atoms with Crippen LogP contribution in [0.4, 0.5) is 94.7 Å². The summed E-state index contributed by atoms with van der Waals surface area (Å²) >= 11 is 15.7. The Labute approximate surface area is 640 Å². The van der Waals surface area contributed by atoms with Crippen molar-refractivity contribution in [2.24, 2.45) is 40.9 Å². The number of nitrogens with zero attached hydrogens (tertiary/aromatic N) is 15. The smallest absolute Gasteiger partial charge is 0.417 e. The van der Waals surface area contributed by atoms with Crippen molar-refractivity contribution in [3.05, 3.63) is 207 Å². The van der Waals surface area contributed by atoms with E-state index in [1.54, 1.807) is 130 Å². The molecule has 0 unspecified atom stereocenters. The molecule has 0 saturated carbocycles. The van der Waals surface area contributed by atoms with Gasteiger partial charge in [0.2, 0.25) is 34.2 Å². The molecule has 109 heavy (non-hydrogen) atoms. The number of halogens is 2. The number of azo groups is 4. The summed E-state index contributed by atoms with van der Waals surface area (Å²) in [5.74, 6) is -0.139. The van der Waals surface area contributed by atoms with E-state index in [2.05, 4.69) is 101 Å². The van der Waals surface area contributed by atoms with E-state index in [1.807, 2.05) is 24.3 Å². The number of fused-ring (bicyclic) bond motifs is 4. The first kappa shape index (κ1) is 77.7. The van der Waals surface area contributed by atoms with Crippen molar-refractivity contribution in [1.82, 2.24) is 23.7 Å². The van der Waals surface area contributed by atoms with E-state index >= 15 is 0 Å². The number of aromatic nitrogens is 5. The second-order valence-electron chi connectivity index (χ2n) is 22.2. The Morgan fingerprint density at radius 1 is 0.486 bits per heavy atom. The Balaban J connectivity index is 0.000000155. The third-order valence-corrected chi connectivity index (χ3v) is 17.7. The lowest BCUT2D eigenvalue weighted by Crippen LogP contribution is -2.17. The summed E-state index contributed by atoms with van der Waals surface area (Å²) in [5, 5.41) is 90.6. The molecule has 0 radical (unpaired) electrons. The van der Waals surface area contributed by atoms with Crippen molar-refractivity contribution in [1.29, 1.82) is 0 Å². The second kappa shape index (κ2) is 36.2. The first-order valence-electron chi connectivity index (χ1n) is 31.8. The highest BCUT2D eigenvalue weighted by atomic mass is 35.5. The van der Waals surface area contributed by atoms with Crippen molar-refractivity contribution < 1.29 is 53.9 Å². The largest absolute Gasteiger partial charge is 0.507 e. The average Bonchev–Trinajstić information content (AvgIpc) is 1.65. The lowest BCUT2D eigenvalue weighted by Gasteiger charge is -2.12. The van der Waals surface area contributed by atoms with Gasteiger partial charge in [-0.05, 0) is 106 Å². The third kappa shape index (κ3) is 19.7. The highest BCUT2D eigenvalue weighted by Gasteiger charge is 2.20. The molecule has 0 aliphatic rings. The Hall–Kier alpha value is -13.9. The molecule has 5 amide bonds. The van der Waals surface area contributed by atoms with Crippen molar-refractivity contribution in [2.45, 2.75) is 41.5 Å². The van der Waals surface area contributed by atoms with Crippen molar-refractivity contribution in [3.63, 3.8) is 0 Å². The minimum Gasteiger partial charge on any atom is -0.507 e. The summed E-state index contributed by atoms with van der Waals surface area (Å²) < 4.78 is 19.4. The quantitative estimate of drug-likeness (QED) is 0.0199. The number of para-hydroxylation sites is 2. The van der Waals surface area contributed by atoms with E-state index in [0.717, 1.165) is 26.3 Å². The highest BCUT2D eigenvalue weighted by molar-refractivity contribution is 7.21. The number of thiazole rings is 1. The third-order valence-electron chi connectivity index (χ3n) is 14.6. The molecule has 36 heteroatoms. The van der Waals surface area contributed by atoms with Crippen LogP contribution in [0.3, 0.4) is 0 Å². The number of nitrogens with one attached hydrogen (secondary N) is 5. The number of phenols is 4. The Kier molecular flexibility index (Phi) is 25.8. The van der Waals surface area contributed by atoms with Crippen LogP contribution in [0.1, 0.15) is 37.4 Å². The zero-order valence-corrected chi connectivity index (χ0v) is 61.6. The SMILES string of the molecule is CC(=O)Nc1cc(N=Nc2ncnc(Cl)c2Cl)c(NC(=O)Oc2ccccc2)cc1O.CC(=O)Nc1cccc2c(O)ccc(N=Nc3nc4ccccc4s3)c12.[C-]#[N+]c1c(N=Nc2ccc(O)c3cccc(NC(=O)OCC)c23)nsc1C.[C-]#[N+]c1c(N=Nc2ccc(O)c3cccc(NC(C)=O)c23)nsc1C. The zero-order valence-electron chi connectivity index (χ0n) is 57.6. The number of benzene rings is 9. The van der Waals surface area contributed by atoms with Gasteiger partial charge in [-0.25, -0.2) is 34.2 Å². The molecule has 13 aromatic rings. The van der Waals surface area contributed by atoms with Gasteiger partial charge in [-0.2, -0.15) is 8.75 Å². The van der Waals surface area contributed by atoms with Gasteiger partial charge in [0.15, 0.2) is 22.6 Å². The molecule has 0 spiro atoms. The monoisotopic (exact) mass is 1550 g/mol. The maximum absolute atomic E-state index is 12.3. The Morgan fingerprint density at radius 3 is 1.44 bits per heavy atom. The van der Waals surface area contributed by atoms with Crippen LogP contribution in [0.25, 0.3) is 52.2 Å². The van der Waals surface area contributed by atoms with E-state index in [4.69, 9.17) is 45.8 Å². The molecule has 4 aromatic heterocycles. The molecule has 13 rings (SSSR count). The van der Waals surface area contributed by atoms with Gasteiger partial charge in [0.05, 0.1) is 75.5 Å². The number of hydrogen-bond donors (Lipinski definition) is 9. The molecule has 0 saturated heterocycles. The van der Waals surface area contributed by atoms with Gasteiger partial charge < -0.3 is 45.9 Å². The van der Waals surface area contributed by atoms with Gasteiger partial charge >= 0.3 is 12.2 Å². The number of phenolic OH excluding ortho intramolecular Hbond substituents is 4. The molecule has 0 fully saturated rings. The second-order valence-corrected chi connectivity index (χ2v) is 25.9. The van der Waals surface area contributed by atoms with Gasteiger partial charge in [-0.1, -0.05) is 124 Å². The summed E-state index contributed by atoms with van der Waals surface area (Å²) in [6, 6.07) is 43.6. The number of aromatic hydroxyl groups is 4. The van der Waals surface area contributed by atoms with Gasteiger partial charge in [0.1, 0.15) is 45.8 Å². The normalized spacial score (nSPS) is 11.0. The predicted molar refractivity (Wildman–Crippen MR) is 419 cm³/mol. The number of ether oxygens (including phenoxy) is 2. The number of hydrogen-bond acceptors (Lipinski definition) is 27. The summed E-state index contributed by atoms with van der Waals surface area (Å²) in [6.07, 6.45) is -0.294. The molecule has 0 aliphatic carbocycles. The van der Waals surface area contributed by atoms with Gasteiger partial charge in [-0.15, -0.1) is 40.9 Å². The van der Waals surface area contributed by atoms with Crippen LogP contribution >= 0.6 is 57.6 Å². The van der Waals surface area contributed by atoms with Crippen molar-refractivity contribution in [2.75, 3.05) is 33.2 Å². The summed E-state index contributed by atoms with van der Waals surface area (Å²) in [6.45, 7) is 24.1. The Bertz CT molecular complexity index is 5850. The number of carbonyl (C=O) groups excluding carboxylic acids is 5. The summed E-state index contributed by atoms with van der Waals surface area (Å²) in [5.41, 5.74) is 4.71. The number of rotatable bonds is 15. The molecule has 0 aliphatic heterocycles. The van der Waals surface area contributed by atoms with Gasteiger partial charge in [-0.3, -0.25) is 25.0 Å². The van der Waals surface area contributed by atoms with Crippen LogP contribution in [-0.2, 0) is 19.1 Å². The molecular weight excluding hydrogens is 1500 g/mol. The molecule has 31 nitrogen and oxygen atoms in total. The minimum absolute atomic E-state index is 0.0138. The van der Waals surface area contributed by atoms with Crippen LogP contribution in [-0.4, -0.2) is 80.6 Å². The van der Waals surface area contributed by atoms with Crippen molar-refractivity contribution >= 4 is 215 Å². The van der Waals surface area contributed by atoms with Gasteiger partial charge in [0, 0.05) is 68.9 Å². The molecule has 0 bridgehead atoms. The van der Waals surface area contributed by atoms with E-state index in [9.17, 15) is 44.4 Å². The molecule has 0 atom stereocenters. The highest BCUT2D eigenvalue weighted by Crippen LogP contribution is 2.45. The van der Waals surface area contributed by atoms with Crippen LogP contribution in [0.5, 0.6) is 28.7 Å². The number of anilines is 5. The van der Waals surface area contributed by atoms with Gasteiger partial charge in [0.25, 0.3) is 0 Å². The fourth-order valence-corrected chi connectivity index (χ4v) is 12.1. The molecule has 9 aromatic carbocycles. The number of carbonyl (C=O) groups is 5. The molecule has 9 N–H and O–H groups in total. The number of amides is 5. The topological polar surface area (TPSA) is 417 Å². The van der Waals surface area contributed by atoms with Crippen LogP contribution in [0, 0.1) is 27.0 Å². The zero-order chi connectivity index (χ0) is 77.8. The van der Waals surface area contributed by atoms with E-state index in [1.165, 1.54) is 79.4 Å². The van der Waals surface area contributed by atoms with Crippen LogP contribution < -0.4 is 31.3 Å². The van der Waals surface area contributed by atoms with Crippen LogP contribution in [0.15, 0.2) is 205 Å². The summed E-state index contributed by atoms with van der Waals surface area (Å²) in [4.78, 5) is 78.8. The average molecular weight is 1560 g/mol. The van der Waals surface area contributed by atoms with E-state index in [0.29, 0.717) is 88.7 Å². The van der Waals surface area contributed by atoms with E-state index < -0.39 is 18.1 Å². The molecule has 4 heterocycles. The first-order valence-corrected chi connectivity index (χ1v) is 34.9. The fraction of sp³-hybridized carbons (Fsp3) is 0.0959. The van der Waals surface area contributed by atoms with E-state index in [-0.39, 0.29) is 86.1 Å². The lowest BCUT2D eigenvalue weighted by molar-refractivity contribution is -0.115. The van der Waals surface area contributed by atoms with Crippen molar-refractivity contribution in [3.8, 4) is 28.7 Å².